The molecule has 3 heterocycles. The smallest absolute Gasteiger partial charge is 0.235 e. The maximum atomic E-state index is 4.81. The van der Waals surface area contributed by atoms with E-state index in [1.807, 2.05) is 34.8 Å². The molecule has 0 N–H and O–H groups in total. The number of hydrogen-bond acceptors (Lipinski definition) is 5. The Balaban J connectivity index is 1.36. The lowest BCUT2D eigenvalue weighted by Gasteiger charge is -2.25. The second-order valence-corrected chi connectivity index (χ2v) is 7.65. The molecular weight excluding hydrogens is 354 g/mol. The highest BCUT2D eigenvalue weighted by atomic mass is 32.1. The lowest BCUT2D eigenvalue weighted by atomic mass is 10.1. The minimum Gasteiger partial charge on any atom is -0.295 e. The van der Waals surface area contributed by atoms with E-state index in [1.54, 1.807) is 11.3 Å². The molecule has 0 fully saturated rings. The Morgan fingerprint density at radius 1 is 0.926 bits per heavy atom. The largest absolute Gasteiger partial charge is 0.295 e. The molecule has 27 heavy (non-hydrogen) atoms. The first-order chi connectivity index (χ1) is 13.4. The summed E-state index contributed by atoms with van der Waals surface area (Å²) in [6.07, 6.45) is 3.32. The first-order valence-corrected chi connectivity index (χ1v) is 9.92. The highest BCUT2D eigenvalue weighted by Crippen LogP contribution is 2.29. The van der Waals surface area contributed by atoms with E-state index in [2.05, 4.69) is 51.5 Å². The van der Waals surface area contributed by atoms with Crippen LogP contribution in [0, 0.1) is 0 Å². The van der Waals surface area contributed by atoms with Gasteiger partial charge in [0, 0.05) is 25.2 Å². The topological polar surface area (TPSA) is 46.3 Å². The predicted octanol–water partition coefficient (Wildman–Crippen LogP) is 4.14. The number of fused-ring (bicyclic) bond motifs is 1. The van der Waals surface area contributed by atoms with Gasteiger partial charge >= 0.3 is 0 Å². The Morgan fingerprint density at radius 3 is 2.44 bits per heavy atom. The molecule has 1 aliphatic heterocycles. The Labute approximate surface area is 161 Å². The number of nitrogens with zero attached hydrogens (tertiary/aromatic N) is 5. The summed E-state index contributed by atoms with van der Waals surface area (Å²) in [6.45, 7) is 3.00. The summed E-state index contributed by atoms with van der Waals surface area (Å²) in [5, 5.41) is 14.5. The molecule has 0 aliphatic carbocycles. The van der Waals surface area contributed by atoms with E-state index in [0.29, 0.717) is 0 Å². The molecule has 5 nitrogen and oxygen atoms in total. The van der Waals surface area contributed by atoms with Gasteiger partial charge in [0.15, 0.2) is 5.82 Å². The van der Waals surface area contributed by atoms with Crippen molar-refractivity contribution in [1.82, 2.24) is 24.7 Å². The van der Waals surface area contributed by atoms with Crippen LogP contribution in [0.15, 0.2) is 66.7 Å². The number of hydrogen-bond donors (Lipinski definition) is 0. The van der Waals surface area contributed by atoms with Gasteiger partial charge in [-0.2, -0.15) is 9.61 Å². The van der Waals surface area contributed by atoms with Crippen molar-refractivity contribution in [2.75, 3.05) is 13.1 Å². The molecule has 0 amide bonds. The number of rotatable bonds is 4. The van der Waals surface area contributed by atoms with E-state index in [4.69, 9.17) is 5.10 Å². The van der Waals surface area contributed by atoms with Crippen LogP contribution in [-0.4, -0.2) is 37.8 Å². The van der Waals surface area contributed by atoms with Crippen LogP contribution in [0.25, 0.3) is 21.9 Å². The van der Waals surface area contributed by atoms with Crippen LogP contribution >= 0.6 is 11.3 Å². The van der Waals surface area contributed by atoms with Gasteiger partial charge < -0.3 is 0 Å². The fourth-order valence-electron chi connectivity index (χ4n) is 3.40. The molecule has 0 atom stereocenters. The summed E-state index contributed by atoms with van der Waals surface area (Å²) in [5.41, 5.74) is 3.71. The van der Waals surface area contributed by atoms with E-state index >= 15 is 0 Å². The second kappa shape index (κ2) is 7.06. The molecule has 5 rings (SSSR count). The summed E-state index contributed by atoms with van der Waals surface area (Å²) in [4.78, 5) is 3.31. The highest BCUT2D eigenvalue weighted by molar-refractivity contribution is 7.17. The van der Waals surface area contributed by atoms with Crippen LogP contribution in [0.1, 0.15) is 17.0 Å². The molecular formula is C21H19N5S. The summed E-state index contributed by atoms with van der Waals surface area (Å²) in [7, 11) is 0. The van der Waals surface area contributed by atoms with Gasteiger partial charge in [-0.05, 0) is 17.6 Å². The Morgan fingerprint density at radius 2 is 1.70 bits per heavy atom. The van der Waals surface area contributed by atoms with Crippen molar-refractivity contribution in [1.29, 1.82) is 0 Å². The SMILES string of the molecule is C1=C(c2nn3c(-c4ccccc4)nnc3s2)CCN(Cc2ccccc2)C1. The van der Waals surface area contributed by atoms with Crippen LogP contribution in [-0.2, 0) is 6.54 Å². The zero-order valence-corrected chi connectivity index (χ0v) is 15.6. The van der Waals surface area contributed by atoms with E-state index in [9.17, 15) is 0 Å². The first kappa shape index (κ1) is 16.4. The molecule has 2 aromatic heterocycles. The lowest BCUT2D eigenvalue weighted by Crippen LogP contribution is -2.27. The quantitative estimate of drug-likeness (QED) is 0.539. The minimum atomic E-state index is 0.801. The van der Waals surface area contributed by atoms with Gasteiger partial charge in [0.2, 0.25) is 4.96 Å². The number of aromatic nitrogens is 4. The molecule has 0 saturated heterocycles. The Kier molecular flexibility index (Phi) is 4.27. The van der Waals surface area contributed by atoms with Gasteiger partial charge in [0.05, 0.1) is 0 Å². The van der Waals surface area contributed by atoms with Crippen LogP contribution in [0.3, 0.4) is 0 Å². The summed E-state index contributed by atoms with van der Waals surface area (Å²) in [5.74, 6) is 0.801. The second-order valence-electron chi connectivity index (χ2n) is 6.69. The van der Waals surface area contributed by atoms with Crippen LogP contribution in [0.2, 0.25) is 0 Å². The van der Waals surface area contributed by atoms with Crippen molar-refractivity contribution in [3.8, 4) is 11.4 Å². The van der Waals surface area contributed by atoms with E-state index < -0.39 is 0 Å². The zero-order chi connectivity index (χ0) is 18.1. The van der Waals surface area contributed by atoms with Gasteiger partial charge in [-0.25, -0.2) is 0 Å². The number of benzene rings is 2. The summed E-state index contributed by atoms with van der Waals surface area (Å²) < 4.78 is 1.87. The molecule has 1 aliphatic rings. The molecule has 4 aromatic rings. The molecule has 0 saturated carbocycles. The van der Waals surface area contributed by atoms with Gasteiger partial charge in [-0.15, -0.1) is 10.2 Å². The van der Waals surface area contributed by atoms with Crippen LogP contribution in [0.4, 0.5) is 0 Å². The van der Waals surface area contributed by atoms with Crippen LogP contribution < -0.4 is 0 Å². The molecule has 0 spiro atoms. The van der Waals surface area contributed by atoms with Crippen molar-refractivity contribution >= 4 is 21.9 Å². The third-order valence-electron chi connectivity index (χ3n) is 4.84. The fraction of sp³-hybridized carbons (Fsp3) is 0.190. The lowest BCUT2D eigenvalue weighted by molar-refractivity contribution is 0.294. The molecule has 134 valence electrons. The van der Waals surface area contributed by atoms with E-state index in [1.165, 1.54) is 11.1 Å². The molecule has 0 radical (unpaired) electrons. The van der Waals surface area contributed by atoms with Crippen molar-refractivity contribution in [3.63, 3.8) is 0 Å². The van der Waals surface area contributed by atoms with Crippen molar-refractivity contribution in [3.05, 3.63) is 77.3 Å². The molecule has 6 heteroatoms. The minimum absolute atomic E-state index is 0.801. The Bertz CT molecular complexity index is 1080. The summed E-state index contributed by atoms with van der Waals surface area (Å²) >= 11 is 1.62. The van der Waals surface area contributed by atoms with E-state index in [0.717, 1.165) is 47.4 Å². The van der Waals surface area contributed by atoms with Crippen molar-refractivity contribution in [2.24, 2.45) is 0 Å². The Hall–Kier alpha value is -2.83. The first-order valence-electron chi connectivity index (χ1n) is 9.10. The molecule has 0 bridgehead atoms. The van der Waals surface area contributed by atoms with Gasteiger partial charge in [0.1, 0.15) is 5.01 Å². The third kappa shape index (κ3) is 3.29. The highest BCUT2D eigenvalue weighted by Gasteiger charge is 2.19. The van der Waals surface area contributed by atoms with E-state index in [-0.39, 0.29) is 0 Å². The predicted molar refractivity (Wildman–Crippen MR) is 108 cm³/mol. The third-order valence-corrected chi connectivity index (χ3v) is 5.81. The van der Waals surface area contributed by atoms with Gasteiger partial charge in [-0.3, -0.25) is 4.90 Å². The van der Waals surface area contributed by atoms with Gasteiger partial charge in [0.25, 0.3) is 0 Å². The standard InChI is InChI=1S/C21H19N5S/c1-3-7-16(8-4-1)15-25-13-11-18(12-14-25)20-24-26-19(22-23-21(26)27-20)17-9-5-2-6-10-17/h1-11H,12-15H2. The van der Waals surface area contributed by atoms with Crippen LogP contribution in [0.5, 0.6) is 0 Å². The fourth-order valence-corrected chi connectivity index (χ4v) is 4.31. The monoisotopic (exact) mass is 373 g/mol. The van der Waals surface area contributed by atoms with Gasteiger partial charge in [-0.1, -0.05) is 78.1 Å². The normalized spacial score (nSPS) is 15.2. The maximum Gasteiger partial charge on any atom is 0.235 e. The average molecular weight is 373 g/mol. The summed E-state index contributed by atoms with van der Waals surface area (Å²) in [6, 6.07) is 20.7. The maximum absolute atomic E-state index is 4.81. The zero-order valence-electron chi connectivity index (χ0n) is 14.8. The molecule has 2 aromatic carbocycles. The molecule has 0 unspecified atom stereocenters. The van der Waals surface area contributed by atoms with Crippen molar-refractivity contribution in [2.45, 2.75) is 13.0 Å². The average Bonchev–Trinajstić information content (AvgIpc) is 3.31. The van der Waals surface area contributed by atoms with Crippen molar-refractivity contribution < 1.29 is 0 Å².